The maximum atomic E-state index is 10.2. The molecule has 27 heavy (non-hydrogen) atoms. The van der Waals surface area contributed by atoms with Gasteiger partial charge >= 0.3 is 0 Å². The summed E-state index contributed by atoms with van der Waals surface area (Å²) in [5.74, 6) is 0. The molecular weight excluding hydrogens is 352 g/mol. The second-order valence-electron chi connectivity index (χ2n) is 7.79. The molecule has 3 rings (SSSR count). The third-order valence-electron chi connectivity index (χ3n) is 4.57. The van der Waals surface area contributed by atoms with Crippen molar-refractivity contribution in [3.8, 4) is 0 Å². The van der Waals surface area contributed by atoms with Crippen molar-refractivity contribution >= 4 is 10.9 Å². The van der Waals surface area contributed by atoms with Crippen molar-refractivity contribution < 1.29 is 10.2 Å². The van der Waals surface area contributed by atoms with E-state index in [9.17, 15) is 10.2 Å². The lowest BCUT2D eigenvalue weighted by Crippen LogP contribution is -2.16. The van der Waals surface area contributed by atoms with Crippen LogP contribution in [0.3, 0.4) is 0 Å². The number of aliphatic hydroxyl groups is 2. The first kappa shape index (κ1) is 19.7. The maximum Gasteiger partial charge on any atom is 0.166 e. The highest BCUT2D eigenvalue weighted by atomic mass is 32.2. The highest BCUT2D eigenvalue weighted by molar-refractivity contribution is 7.97. The normalized spacial score (nSPS) is 12.4. The smallest absolute Gasteiger partial charge is 0.166 e. The van der Waals surface area contributed by atoms with Gasteiger partial charge in [-0.1, -0.05) is 42.5 Å². The molecule has 0 aliphatic rings. The van der Waals surface area contributed by atoms with Crippen molar-refractivity contribution in [2.75, 3.05) is 0 Å². The zero-order valence-electron chi connectivity index (χ0n) is 16.3. The summed E-state index contributed by atoms with van der Waals surface area (Å²) in [5, 5.41) is 20.5. The minimum absolute atomic E-state index is 0.248. The molecule has 0 heterocycles. The summed E-state index contributed by atoms with van der Waals surface area (Å²) < 4.78 is 0. The van der Waals surface area contributed by atoms with Crippen LogP contribution in [0.2, 0.25) is 0 Å². The number of hydrogen-bond acceptors (Lipinski definition) is 2. The van der Waals surface area contributed by atoms with Gasteiger partial charge in [-0.15, -0.1) is 0 Å². The Bertz CT molecular complexity index is 813. The van der Waals surface area contributed by atoms with Gasteiger partial charge in [-0.05, 0) is 75.2 Å². The van der Waals surface area contributed by atoms with E-state index in [0.717, 1.165) is 11.1 Å². The Morgan fingerprint density at radius 2 is 0.852 bits per heavy atom. The van der Waals surface area contributed by atoms with E-state index in [1.54, 1.807) is 27.7 Å². The van der Waals surface area contributed by atoms with Gasteiger partial charge in [0.2, 0.25) is 0 Å². The quantitative estimate of drug-likeness (QED) is 0.596. The van der Waals surface area contributed by atoms with Crippen LogP contribution in [0.15, 0.2) is 93.5 Å². The third-order valence-corrected chi connectivity index (χ3v) is 6.80. The van der Waals surface area contributed by atoms with Crippen LogP contribution in [0.5, 0.6) is 0 Å². The molecule has 3 heteroatoms. The van der Waals surface area contributed by atoms with Crippen LogP contribution in [-0.4, -0.2) is 10.2 Å². The van der Waals surface area contributed by atoms with Crippen LogP contribution in [0, 0.1) is 0 Å². The van der Waals surface area contributed by atoms with Crippen molar-refractivity contribution in [1.82, 2.24) is 0 Å². The second-order valence-corrected chi connectivity index (χ2v) is 9.81. The average Bonchev–Trinajstić information content (AvgIpc) is 2.62. The Labute approximate surface area is 164 Å². The first-order chi connectivity index (χ1) is 12.7. The molecule has 0 saturated carbocycles. The molecule has 2 N–H and O–H groups in total. The molecule has 0 aliphatic heterocycles. The van der Waals surface area contributed by atoms with Crippen LogP contribution < -0.4 is 0 Å². The molecule has 3 aromatic carbocycles. The molecule has 3 aromatic rings. The Hall–Kier alpha value is -2.07. The summed E-state index contributed by atoms with van der Waals surface area (Å²) in [7, 11) is -0.248. The Balaban J connectivity index is 2.05. The average molecular weight is 380 g/mol. The first-order valence-corrected chi connectivity index (χ1v) is 10.3. The van der Waals surface area contributed by atoms with Gasteiger partial charge in [-0.25, -0.2) is 0 Å². The van der Waals surface area contributed by atoms with Crippen LogP contribution in [0.25, 0.3) is 0 Å². The molecule has 0 aromatic heterocycles. The fourth-order valence-electron chi connectivity index (χ4n) is 2.96. The molecule has 0 radical (unpaired) electrons. The van der Waals surface area contributed by atoms with Crippen molar-refractivity contribution in [2.24, 2.45) is 0 Å². The summed E-state index contributed by atoms with van der Waals surface area (Å²) in [6.07, 6.45) is 0. The predicted octanol–water partition coefficient (Wildman–Crippen LogP) is 5.24. The van der Waals surface area contributed by atoms with Gasteiger partial charge in [-0.3, -0.25) is 0 Å². The number of hydrogen-bond donors (Lipinski definition) is 2. The van der Waals surface area contributed by atoms with Crippen molar-refractivity contribution in [3.63, 3.8) is 0 Å². The van der Waals surface area contributed by atoms with Crippen LogP contribution in [-0.2, 0) is 22.1 Å². The van der Waals surface area contributed by atoms with E-state index in [1.807, 2.05) is 30.3 Å². The Kier molecular flexibility index (Phi) is 5.48. The molecular formula is C24H27O2S+. The fourth-order valence-corrected chi connectivity index (χ4v) is 5.02. The SMILES string of the molecule is CC(C)(O)c1ccc([S+](c2ccccc2)c2ccc(C(C)(C)O)cc2)cc1. The van der Waals surface area contributed by atoms with E-state index < -0.39 is 11.2 Å². The van der Waals surface area contributed by atoms with Gasteiger partial charge in [0, 0.05) is 0 Å². The number of benzene rings is 3. The molecule has 0 bridgehead atoms. The van der Waals surface area contributed by atoms with Crippen LogP contribution in [0.1, 0.15) is 38.8 Å². The molecule has 0 fully saturated rings. The molecule has 0 amide bonds. The highest BCUT2D eigenvalue weighted by Gasteiger charge is 2.30. The zero-order chi connectivity index (χ0) is 19.7. The summed E-state index contributed by atoms with van der Waals surface area (Å²) >= 11 is 0. The largest absolute Gasteiger partial charge is 0.386 e. The van der Waals surface area contributed by atoms with Gasteiger partial charge in [0.05, 0.1) is 22.1 Å². The number of rotatable bonds is 5. The van der Waals surface area contributed by atoms with Crippen molar-refractivity contribution in [3.05, 3.63) is 90.0 Å². The van der Waals surface area contributed by atoms with Gasteiger partial charge in [0.1, 0.15) is 0 Å². The predicted molar refractivity (Wildman–Crippen MR) is 112 cm³/mol. The Morgan fingerprint density at radius 1 is 0.519 bits per heavy atom. The minimum atomic E-state index is -0.849. The molecule has 2 nitrogen and oxygen atoms in total. The van der Waals surface area contributed by atoms with Crippen LogP contribution >= 0.6 is 0 Å². The van der Waals surface area contributed by atoms with Gasteiger partial charge < -0.3 is 10.2 Å². The maximum absolute atomic E-state index is 10.2. The lowest BCUT2D eigenvalue weighted by Gasteiger charge is -2.19. The molecule has 0 atom stereocenters. The van der Waals surface area contributed by atoms with Gasteiger partial charge in [0.25, 0.3) is 0 Å². The Morgan fingerprint density at radius 3 is 1.19 bits per heavy atom. The summed E-state index contributed by atoms with van der Waals surface area (Å²) in [6.45, 7) is 7.20. The van der Waals surface area contributed by atoms with Crippen molar-refractivity contribution in [2.45, 2.75) is 53.6 Å². The van der Waals surface area contributed by atoms with Crippen LogP contribution in [0.4, 0.5) is 0 Å². The standard InChI is InChI=1S/C24H27O2S/c1-23(2,25)18-10-14-21(15-11-18)27(20-8-6-5-7-9-20)22-16-12-19(13-17-22)24(3,4)26/h5-17,25-26H,1-4H3/q+1. The van der Waals surface area contributed by atoms with E-state index in [-0.39, 0.29) is 10.9 Å². The van der Waals surface area contributed by atoms with E-state index >= 15 is 0 Å². The monoisotopic (exact) mass is 379 g/mol. The summed E-state index contributed by atoms with van der Waals surface area (Å²) in [5.41, 5.74) is 0.108. The van der Waals surface area contributed by atoms with Gasteiger partial charge in [-0.2, -0.15) is 0 Å². The molecule has 0 aliphatic carbocycles. The van der Waals surface area contributed by atoms with E-state index in [1.165, 1.54) is 14.7 Å². The fraction of sp³-hybridized carbons (Fsp3) is 0.250. The molecule has 0 spiro atoms. The van der Waals surface area contributed by atoms with Crippen molar-refractivity contribution in [1.29, 1.82) is 0 Å². The second kappa shape index (κ2) is 7.51. The highest BCUT2D eigenvalue weighted by Crippen LogP contribution is 2.33. The minimum Gasteiger partial charge on any atom is -0.386 e. The van der Waals surface area contributed by atoms with E-state index in [2.05, 4.69) is 48.5 Å². The lowest BCUT2D eigenvalue weighted by molar-refractivity contribution is 0.0780. The molecule has 140 valence electrons. The topological polar surface area (TPSA) is 40.5 Å². The summed E-state index contributed by atoms with van der Waals surface area (Å²) in [6, 6.07) is 26.9. The molecule has 0 unspecified atom stereocenters. The first-order valence-electron chi connectivity index (χ1n) is 9.11. The molecule has 0 saturated heterocycles. The zero-order valence-corrected chi connectivity index (χ0v) is 17.1. The third kappa shape index (κ3) is 4.62. The van der Waals surface area contributed by atoms with Gasteiger partial charge in [0.15, 0.2) is 14.7 Å². The van der Waals surface area contributed by atoms with E-state index in [0.29, 0.717) is 0 Å². The lowest BCUT2D eigenvalue weighted by atomic mass is 9.99. The van der Waals surface area contributed by atoms with E-state index in [4.69, 9.17) is 0 Å². The summed E-state index contributed by atoms with van der Waals surface area (Å²) in [4.78, 5) is 3.64.